The van der Waals surface area contributed by atoms with Crippen molar-refractivity contribution in [1.29, 1.82) is 0 Å². The molecular formula is C12H20ClNO. The van der Waals surface area contributed by atoms with E-state index in [2.05, 4.69) is 35.6 Å². The van der Waals surface area contributed by atoms with E-state index in [-0.39, 0.29) is 17.9 Å². The Morgan fingerprint density at radius 3 is 2.53 bits per heavy atom. The number of benzene rings is 1. The van der Waals surface area contributed by atoms with Crippen LogP contribution in [0.1, 0.15) is 18.4 Å². The van der Waals surface area contributed by atoms with E-state index in [9.17, 15) is 0 Å². The summed E-state index contributed by atoms with van der Waals surface area (Å²) in [4.78, 5) is 0. The Morgan fingerprint density at radius 2 is 1.93 bits per heavy atom. The molecule has 1 aromatic carbocycles. The van der Waals surface area contributed by atoms with Gasteiger partial charge in [0.1, 0.15) is 0 Å². The van der Waals surface area contributed by atoms with Crippen molar-refractivity contribution in [2.45, 2.75) is 19.3 Å². The Hall–Kier alpha value is -0.570. The molecule has 2 nitrogen and oxygen atoms in total. The van der Waals surface area contributed by atoms with Gasteiger partial charge in [-0.1, -0.05) is 30.3 Å². The number of rotatable bonds is 2. The average Bonchev–Trinajstić information content (AvgIpc) is 2.21. The first-order chi connectivity index (χ1) is 6.45. The zero-order chi connectivity index (χ0) is 8.93. The molecule has 1 saturated heterocycles. The lowest BCUT2D eigenvalue weighted by molar-refractivity contribution is 0.376. The second-order valence-corrected chi connectivity index (χ2v) is 3.90. The monoisotopic (exact) mass is 229 g/mol. The first-order valence-electron chi connectivity index (χ1n) is 5.20. The summed E-state index contributed by atoms with van der Waals surface area (Å²) in [6, 6.07) is 10.8. The molecule has 86 valence electrons. The van der Waals surface area contributed by atoms with Gasteiger partial charge in [-0.3, -0.25) is 0 Å². The highest BCUT2D eigenvalue weighted by Gasteiger charge is 2.12. The van der Waals surface area contributed by atoms with Gasteiger partial charge in [-0.25, -0.2) is 0 Å². The standard InChI is InChI=1S/C12H17N.ClH.H2O/c1-2-5-11(6-3-1)9-12-7-4-8-13-10-12;;/h1-3,5-6,12-13H,4,7-10H2;1H;1H2. The van der Waals surface area contributed by atoms with E-state index >= 15 is 0 Å². The number of nitrogens with one attached hydrogen (secondary N) is 1. The molecule has 0 bridgehead atoms. The van der Waals surface area contributed by atoms with E-state index in [0.29, 0.717) is 0 Å². The maximum Gasteiger partial charge on any atom is -0.00173 e. The maximum absolute atomic E-state index is 3.46. The molecule has 3 heteroatoms. The first-order valence-corrected chi connectivity index (χ1v) is 5.20. The Kier molecular flexibility index (Phi) is 7.39. The summed E-state index contributed by atoms with van der Waals surface area (Å²) in [5.41, 5.74) is 1.48. The minimum absolute atomic E-state index is 0. The maximum atomic E-state index is 3.46. The van der Waals surface area contributed by atoms with Crippen LogP contribution in [0.25, 0.3) is 0 Å². The fourth-order valence-corrected chi connectivity index (χ4v) is 2.05. The van der Waals surface area contributed by atoms with E-state index in [1.54, 1.807) is 0 Å². The number of hydrogen-bond donors (Lipinski definition) is 1. The third-order valence-corrected chi connectivity index (χ3v) is 2.77. The number of piperidine rings is 1. The van der Waals surface area contributed by atoms with Gasteiger partial charge >= 0.3 is 0 Å². The molecule has 2 rings (SSSR count). The molecule has 0 radical (unpaired) electrons. The van der Waals surface area contributed by atoms with Crippen molar-refractivity contribution >= 4 is 12.4 Å². The van der Waals surface area contributed by atoms with E-state index < -0.39 is 0 Å². The fourth-order valence-electron chi connectivity index (χ4n) is 2.05. The van der Waals surface area contributed by atoms with Crippen LogP contribution in [-0.2, 0) is 6.42 Å². The van der Waals surface area contributed by atoms with Crippen LogP contribution in [0.5, 0.6) is 0 Å². The lowest BCUT2D eigenvalue weighted by Gasteiger charge is -2.22. The first kappa shape index (κ1) is 14.4. The van der Waals surface area contributed by atoms with E-state index in [0.717, 1.165) is 5.92 Å². The summed E-state index contributed by atoms with van der Waals surface area (Å²) in [5, 5.41) is 3.46. The van der Waals surface area contributed by atoms with Gasteiger partial charge < -0.3 is 10.8 Å². The summed E-state index contributed by atoms with van der Waals surface area (Å²) in [5.74, 6) is 0.858. The van der Waals surface area contributed by atoms with Crippen molar-refractivity contribution < 1.29 is 5.48 Å². The highest BCUT2D eigenvalue weighted by Crippen LogP contribution is 2.15. The van der Waals surface area contributed by atoms with Gasteiger partial charge in [-0.15, -0.1) is 12.4 Å². The smallest absolute Gasteiger partial charge is 0.00173 e. The van der Waals surface area contributed by atoms with Crippen LogP contribution in [0.15, 0.2) is 30.3 Å². The van der Waals surface area contributed by atoms with E-state index in [1.807, 2.05) is 0 Å². The predicted molar refractivity (Wildman–Crippen MR) is 66.6 cm³/mol. The molecular weight excluding hydrogens is 210 g/mol. The summed E-state index contributed by atoms with van der Waals surface area (Å²) in [6.45, 7) is 2.42. The molecule has 0 aliphatic carbocycles. The summed E-state index contributed by atoms with van der Waals surface area (Å²) in [6.07, 6.45) is 3.98. The molecule has 1 aromatic rings. The van der Waals surface area contributed by atoms with Crippen molar-refractivity contribution in [2.24, 2.45) is 5.92 Å². The van der Waals surface area contributed by atoms with Gasteiger partial charge in [0.2, 0.25) is 0 Å². The lowest BCUT2D eigenvalue weighted by atomic mass is 9.92. The molecule has 0 aromatic heterocycles. The third-order valence-electron chi connectivity index (χ3n) is 2.77. The molecule has 15 heavy (non-hydrogen) atoms. The van der Waals surface area contributed by atoms with E-state index in [4.69, 9.17) is 0 Å². The minimum Gasteiger partial charge on any atom is -0.412 e. The Morgan fingerprint density at radius 1 is 1.20 bits per heavy atom. The van der Waals surface area contributed by atoms with Crippen LogP contribution in [-0.4, -0.2) is 18.6 Å². The molecule has 1 aliphatic rings. The number of hydrogen-bond acceptors (Lipinski definition) is 1. The van der Waals surface area contributed by atoms with Crippen LogP contribution in [0.4, 0.5) is 0 Å². The SMILES string of the molecule is Cl.O.c1ccc(CC2CCCNC2)cc1. The predicted octanol–water partition coefficient (Wildman–Crippen LogP) is 1.83. The van der Waals surface area contributed by atoms with Crippen LogP contribution < -0.4 is 5.32 Å². The molecule has 1 atom stereocenters. The Balaban J connectivity index is 0.000000980. The van der Waals surface area contributed by atoms with Crippen molar-refractivity contribution in [2.75, 3.05) is 13.1 Å². The highest BCUT2D eigenvalue weighted by molar-refractivity contribution is 5.85. The molecule has 1 unspecified atom stereocenters. The summed E-state index contributed by atoms with van der Waals surface area (Å²) < 4.78 is 0. The molecule has 1 heterocycles. The van der Waals surface area contributed by atoms with E-state index in [1.165, 1.54) is 37.9 Å². The average molecular weight is 230 g/mol. The minimum atomic E-state index is 0. The number of halogens is 1. The van der Waals surface area contributed by atoms with Gasteiger partial charge in [0.05, 0.1) is 0 Å². The molecule has 3 N–H and O–H groups in total. The van der Waals surface area contributed by atoms with Gasteiger partial charge in [0, 0.05) is 0 Å². The lowest BCUT2D eigenvalue weighted by Crippen LogP contribution is -2.30. The van der Waals surface area contributed by atoms with Gasteiger partial charge in [0.15, 0.2) is 0 Å². The molecule has 1 fully saturated rings. The summed E-state index contributed by atoms with van der Waals surface area (Å²) >= 11 is 0. The second-order valence-electron chi connectivity index (χ2n) is 3.90. The normalized spacial score (nSPS) is 19.9. The second kappa shape index (κ2) is 7.69. The third kappa shape index (κ3) is 4.65. The van der Waals surface area contributed by atoms with Crippen molar-refractivity contribution in [3.8, 4) is 0 Å². The van der Waals surface area contributed by atoms with Crippen LogP contribution in [0.2, 0.25) is 0 Å². The zero-order valence-corrected chi connectivity index (χ0v) is 9.72. The summed E-state index contributed by atoms with van der Waals surface area (Å²) in [7, 11) is 0. The Bertz CT molecular complexity index is 247. The topological polar surface area (TPSA) is 43.5 Å². The van der Waals surface area contributed by atoms with Gasteiger partial charge in [-0.2, -0.15) is 0 Å². The van der Waals surface area contributed by atoms with Crippen molar-refractivity contribution in [3.05, 3.63) is 35.9 Å². The Labute approximate surface area is 97.8 Å². The molecule has 0 saturated carbocycles. The largest absolute Gasteiger partial charge is 0.412 e. The zero-order valence-electron chi connectivity index (χ0n) is 8.91. The van der Waals surface area contributed by atoms with Crippen molar-refractivity contribution in [3.63, 3.8) is 0 Å². The molecule has 0 amide bonds. The quantitative estimate of drug-likeness (QED) is 0.826. The van der Waals surface area contributed by atoms with Crippen LogP contribution in [0, 0.1) is 5.92 Å². The molecule has 1 aliphatic heterocycles. The highest BCUT2D eigenvalue weighted by atomic mass is 35.5. The fraction of sp³-hybridized carbons (Fsp3) is 0.500. The van der Waals surface area contributed by atoms with Crippen LogP contribution >= 0.6 is 12.4 Å². The van der Waals surface area contributed by atoms with Crippen molar-refractivity contribution in [1.82, 2.24) is 5.32 Å². The van der Waals surface area contributed by atoms with Gasteiger partial charge in [-0.05, 0) is 43.8 Å². The van der Waals surface area contributed by atoms with Gasteiger partial charge in [0.25, 0.3) is 0 Å². The van der Waals surface area contributed by atoms with Crippen LogP contribution in [0.3, 0.4) is 0 Å². The molecule has 0 spiro atoms.